The number of ether oxygens (including phenoxy) is 2. The highest BCUT2D eigenvalue weighted by Gasteiger charge is 2.53. The van der Waals surface area contributed by atoms with Crippen molar-refractivity contribution >= 4 is 40.8 Å². The van der Waals surface area contributed by atoms with Crippen LogP contribution in [0.3, 0.4) is 0 Å². The van der Waals surface area contributed by atoms with Gasteiger partial charge in [-0.2, -0.15) is 0 Å². The van der Waals surface area contributed by atoms with E-state index in [-0.39, 0.29) is 12.7 Å². The summed E-state index contributed by atoms with van der Waals surface area (Å²) < 4.78 is 10.7. The largest absolute Gasteiger partial charge is 0.454 e. The molecule has 2 aliphatic heterocycles. The number of anilines is 1. The molecule has 4 rings (SSSR count). The van der Waals surface area contributed by atoms with Gasteiger partial charge in [-0.15, -0.1) is 0 Å². The van der Waals surface area contributed by atoms with Crippen molar-refractivity contribution < 1.29 is 19.1 Å². The van der Waals surface area contributed by atoms with E-state index in [0.29, 0.717) is 33.7 Å². The Morgan fingerprint density at radius 1 is 1.04 bits per heavy atom. The van der Waals surface area contributed by atoms with Crippen molar-refractivity contribution in [1.29, 1.82) is 0 Å². The molecular formula is C19H16Cl2N2O4. The molecule has 0 radical (unpaired) electrons. The highest BCUT2D eigenvalue weighted by molar-refractivity contribution is 6.35. The monoisotopic (exact) mass is 406 g/mol. The molecule has 0 bridgehead atoms. The third-order valence-corrected chi connectivity index (χ3v) is 5.41. The molecule has 0 aliphatic carbocycles. The summed E-state index contributed by atoms with van der Waals surface area (Å²) >= 11 is 12.1. The lowest BCUT2D eigenvalue weighted by molar-refractivity contribution is -0.123. The quantitative estimate of drug-likeness (QED) is 0.719. The molecule has 1 unspecified atom stereocenters. The molecule has 1 atom stereocenters. The summed E-state index contributed by atoms with van der Waals surface area (Å²) in [5, 5.41) is 0.704. The van der Waals surface area contributed by atoms with E-state index in [4.69, 9.17) is 32.7 Å². The summed E-state index contributed by atoms with van der Waals surface area (Å²) in [6.45, 7) is 1.92. The lowest BCUT2D eigenvalue weighted by atomic mass is 9.91. The van der Waals surface area contributed by atoms with E-state index in [9.17, 15) is 9.59 Å². The van der Waals surface area contributed by atoms with Gasteiger partial charge in [-0.05, 0) is 42.8 Å². The van der Waals surface area contributed by atoms with E-state index in [1.165, 1.54) is 4.90 Å². The number of carbonyl (C=O) groups excluding carboxylic acids is 2. The van der Waals surface area contributed by atoms with Crippen molar-refractivity contribution in [2.24, 2.45) is 0 Å². The summed E-state index contributed by atoms with van der Waals surface area (Å²) in [6, 6.07) is 9.71. The van der Waals surface area contributed by atoms with Crippen LogP contribution in [0.5, 0.6) is 11.5 Å². The van der Waals surface area contributed by atoms with Crippen molar-refractivity contribution in [3.8, 4) is 11.5 Å². The summed E-state index contributed by atoms with van der Waals surface area (Å²) in [4.78, 5) is 28.6. The zero-order valence-corrected chi connectivity index (χ0v) is 16.2. The van der Waals surface area contributed by atoms with E-state index in [1.54, 1.807) is 38.2 Å². The average Bonchev–Trinajstić information content (AvgIpc) is 3.13. The molecule has 0 N–H and O–H groups in total. The fourth-order valence-corrected chi connectivity index (χ4v) is 3.89. The van der Waals surface area contributed by atoms with Gasteiger partial charge >= 0.3 is 6.03 Å². The number of fused-ring (bicyclic) bond motifs is 1. The second-order valence-electron chi connectivity index (χ2n) is 6.75. The molecule has 3 amide bonds. The number of urea groups is 1. The Morgan fingerprint density at radius 3 is 2.41 bits per heavy atom. The first kappa shape index (κ1) is 17.9. The van der Waals surface area contributed by atoms with E-state index < -0.39 is 11.6 Å². The first-order chi connectivity index (χ1) is 12.8. The summed E-state index contributed by atoms with van der Waals surface area (Å²) in [5.74, 6) is 0.960. The maximum absolute atomic E-state index is 13.2. The van der Waals surface area contributed by atoms with Crippen LogP contribution in [0.15, 0.2) is 36.4 Å². The number of likely N-dealkylation sites (N-methyl/N-ethyl adjacent to an activating group) is 1. The second-order valence-corrected chi connectivity index (χ2v) is 7.62. The van der Waals surface area contributed by atoms with Gasteiger partial charge in [0.2, 0.25) is 6.79 Å². The van der Waals surface area contributed by atoms with Gasteiger partial charge in [0.05, 0.1) is 5.69 Å². The van der Waals surface area contributed by atoms with Crippen LogP contribution in [0, 0.1) is 0 Å². The number of hydrogen-bond acceptors (Lipinski definition) is 4. The predicted octanol–water partition coefficient (Wildman–Crippen LogP) is 4.12. The SMILES string of the molecule is CN1C(=O)N(c2cc(Cl)cc(Cl)c2)C(=O)C1(C)Cc1ccc2c(c1)OCO2. The van der Waals surface area contributed by atoms with E-state index >= 15 is 0 Å². The van der Waals surface area contributed by atoms with Gasteiger partial charge in [-0.1, -0.05) is 29.3 Å². The Morgan fingerprint density at radius 2 is 1.70 bits per heavy atom. The fourth-order valence-electron chi connectivity index (χ4n) is 3.37. The highest BCUT2D eigenvalue weighted by Crippen LogP contribution is 2.38. The molecule has 0 saturated carbocycles. The number of halogens is 2. The van der Waals surface area contributed by atoms with Crippen LogP contribution in [0.4, 0.5) is 10.5 Å². The lowest BCUT2D eigenvalue weighted by Crippen LogP contribution is -2.47. The standard InChI is InChI=1S/C19H16Cl2N2O4/c1-19(9-11-3-4-15-16(5-11)27-10-26-15)17(24)23(18(25)22(19)2)14-7-12(20)6-13(21)8-14/h3-8H,9-10H2,1-2H3. The third kappa shape index (κ3) is 2.89. The van der Waals surface area contributed by atoms with Crippen molar-refractivity contribution in [1.82, 2.24) is 4.90 Å². The van der Waals surface area contributed by atoms with Crippen LogP contribution in [0.25, 0.3) is 0 Å². The summed E-state index contributed by atoms with van der Waals surface area (Å²) in [5.41, 5.74) is 0.157. The van der Waals surface area contributed by atoms with Crippen LogP contribution in [-0.4, -0.2) is 36.2 Å². The molecule has 1 saturated heterocycles. The second kappa shape index (κ2) is 6.32. The maximum Gasteiger partial charge on any atom is 0.332 e. The van der Waals surface area contributed by atoms with E-state index in [0.717, 1.165) is 10.5 Å². The lowest BCUT2D eigenvalue weighted by Gasteiger charge is -2.28. The molecule has 140 valence electrons. The smallest absolute Gasteiger partial charge is 0.332 e. The van der Waals surface area contributed by atoms with Gasteiger partial charge in [-0.25, -0.2) is 9.69 Å². The van der Waals surface area contributed by atoms with Gasteiger partial charge in [0, 0.05) is 23.5 Å². The molecule has 6 nitrogen and oxygen atoms in total. The molecule has 2 aromatic carbocycles. The number of carbonyl (C=O) groups is 2. The van der Waals surface area contributed by atoms with Gasteiger partial charge in [-0.3, -0.25) is 4.79 Å². The molecule has 1 fully saturated rings. The topological polar surface area (TPSA) is 59.1 Å². The highest BCUT2D eigenvalue weighted by atomic mass is 35.5. The minimum absolute atomic E-state index is 0.177. The Balaban J connectivity index is 1.68. The normalized spacial score (nSPS) is 21.3. The van der Waals surface area contributed by atoms with Crippen LogP contribution in [-0.2, 0) is 11.2 Å². The molecular weight excluding hydrogens is 391 g/mol. The number of amides is 3. The maximum atomic E-state index is 13.2. The molecule has 2 heterocycles. The number of hydrogen-bond donors (Lipinski definition) is 0. The summed E-state index contributed by atoms with van der Waals surface area (Å²) in [7, 11) is 1.61. The van der Waals surface area contributed by atoms with Crippen molar-refractivity contribution in [2.75, 3.05) is 18.7 Å². The van der Waals surface area contributed by atoms with Crippen molar-refractivity contribution in [3.63, 3.8) is 0 Å². The van der Waals surface area contributed by atoms with Crippen molar-refractivity contribution in [2.45, 2.75) is 18.9 Å². The minimum atomic E-state index is -1.06. The summed E-state index contributed by atoms with van der Waals surface area (Å²) in [6.07, 6.45) is 0.329. The van der Waals surface area contributed by atoms with E-state index in [2.05, 4.69) is 0 Å². The Kier molecular flexibility index (Phi) is 4.20. The van der Waals surface area contributed by atoms with Crippen molar-refractivity contribution in [3.05, 3.63) is 52.0 Å². The van der Waals surface area contributed by atoms with Gasteiger partial charge in [0.25, 0.3) is 5.91 Å². The zero-order chi connectivity index (χ0) is 19.3. The van der Waals surface area contributed by atoms with Gasteiger partial charge in [0.1, 0.15) is 5.54 Å². The Bertz CT molecular complexity index is 944. The first-order valence-electron chi connectivity index (χ1n) is 8.26. The number of nitrogens with zero attached hydrogens (tertiary/aromatic N) is 2. The van der Waals surface area contributed by atoms with Crippen LogP contribution >= 0.6 is 23.2 Å². The molecule has 2 aromatic rings. The van der Waals surface area contributed by atoms with Crippen LogP contribution in [0.2, 0.25) is 10.0 Å². The first-order valence-corrected chi connectivity index (χ1v) is 9.02. The number of imide groups is 1. The fraction of sp³-hybridized carbons (Fsp3) is 0.263. The molecule has 0 spiro atoms. The zero-order valence-electron chi connectivity index (χ0n) is 14.7. The molecule has 2 aliphatic rings. The molecule has 8 heteroatoms. The van der Waals surface area contributed by atoms with Gasteiger partial charge in [0.15, 0.2) is 11.5 Å². The van der Waals surface area contributed by atoms with E-state index in [1.807, 2.05) is 12.1 Å². The van der Waals surface area contributed by atoms with Gasteiger partial charge < -0.3 is 14.4 Å². The Hall–Kier alpha value is -2.44. The van der Waals surface area contributed by atoms with Crippen LogP contribution in [0.1, 0.15) is 12.5 Å². The average molecular weight is 407 g/mol. The van der Waals surface area contributed by atoms with Crippen LogP contribution < -0.4 is 14.4 Å². The number of benzene rings is 2. The predicted molar refractivity (Wildman–Crippen MR) is 102 cm³/mol. The Labute approximate surface area is 166 Å². The molecule has 0 aromatic heterocycles. The number of rotatable bonds is 3. The molecule has 27 heavy (non-hydrogen) atoms. The third-order valence-electron chi connectivity index (χ3n) is 4.97. The minimum Gasteiger partial charge on any atom is -0.454 e.